The van der Waals surface area contributed by atoms with Crippen LogP contribution in [0.2, 0.25) is 18.1 Å². The second kappa shape index (κ2) is 15.6. The van der Waals surface area contributed by atoms with Gasteiger partial charge in [0.1, 0.15) is 29.3 Å². The fourth-order valence-corrected chi connectivity index (χ4v) is 12.2. The van der Waals surface area contributed by atoms with Crippen LogP contribution in [0.1, 0.15) is 123 Å². The number of fused-ring (bicyclic) bond motifs is 8. The number of carbonyl (C=O) groups is 3. The van der Waals surface area contributed by atoms with Crippen LogP contribution in [0.5, 0.6) is 11.6 Å². The Hall–Kier alpha value is -4.50. The highest BCUT2D eigenvalue weighted by Gasteiger charge is 2.68. The van der Waals surface area contributed by atoms with Crippen LogP contribution in [0, 0.1) is 17.8 Å². The molecule has 2 aromatic carbocycles. The van der Waals surface area contributed by atoms with Crippen LogP contribution < -0.4 is 14.4 Å². The number of aliphatic hydroxyl groups excluding tert-OH is 1. The van der Waals surface area contributed by atoms with Gasteiger partial charge in [0, 0.05) is 36.8 Å². The van der Waals surface area contributed by atoms with Gasteiger partial charge in [0.15, 0.2) is 25.5 Å². The Balaban J connectivity index is 1.36. The second-order valence-electron chi connectivity index (χ2n) is 20.5. The number of allylic oxidation sites excluding steroid dienone is 1. The fraction of sp³-hybridized carbons (Fsp3) is 0.583. The van der Waals surface area contributed by atoms with Gasteiger partial charge in [0.2, 0.25) is 5.78 Å². The number of ether oxygens (including phenoxy) is 3. The number of carbonyl (C=O) groups excluding carboxylic acids is 3. The molecule has 5 aliphatic rings. The van der Waals surface area contributed by atoms with Crippen molar-refractivity contribution in [2.24, 2.45) is 17.8 Å². The monoisotopic (exact) mass is 868 g/mol. The van der Waals surface area contributed by atoms with Crippen molar-refractivity contribution >= 4 is 31.7 Å². The third-order valence-electron chi connectivity index (χ3n) is 14.5. The van der Waals surface area contributed by atoms with Crippen LogP contribution in [0.15, 0.2) is 52.3 Å². The van der Waals surface area contributed by atoms with Gasteiger partial charge in [-0.15, -0.1) is 0 Å². The number of hydrogen-bond donors (Lipinski definition) is 1. The quantitative estimate of drug-likeness (QED) is 0.124. The minimum absolute atomic E-state index is 0.0146. The maximum absolute atomic E-state index is 15.9. The molecule has 1 fully saturated rings. The van der Waals surface area contributed by atoms with Crippen molar-refractivity contribution in [1.29, 1.82) is 0 Å². The lowest BCUT2D eigenvalue weighted by atomic mass is 9.58. The number of Topliss-reactive ketones (excluding diaryl/α,β-unsaturated/α-hetero) is 2. The first-order valence-corrected chi connectivity index (χ1v) is 25.2. The molecule has 3 aromatic rings. The number of aromatic nitrogens is 1. The first-order valence-electron chi connectivity index (χ1n) is 22.3. The fourth-order valence-electron chi connectivity index (χ4n) is 10.7. The van der Waals surface area contributed by atoms with Crippen molar-refractivity contribution in [3.63, 3.8) is 0 Å². The molecule has 14 heteroatoms. The van der Waals surface area contributed by atoms with E-state index >= 15 is 9.59 Å². The molecule has 8 rings (SSSR count). The molecule has 0 bridgehead atoms. The Bertz CT molecular complexity index is 2310. The summed E-state index contributed by atoms with van der Waals surface area (Å²) < 4.78 is 31.6. The summed E-state index contributed by atoms with van der Waals surface area (Å²) in [6, 6.07) is 10.9. The Morgan fingerprint density at radius 3 is 2.39 bits per heavy atom. The number of rotatable bonds is 9. The largest absolute Gasteiger partial charge is 0.514 e. The van der Waals surface area contributed by atoms with Gasteiger partial charge in [0.05, 0.1) is 11.6 Å². The normalized spacial score (nSPS) is 26.1. The van der Waals surface area contributed by atoms with E-state index in [1.165, 1.54) is 0 Å². The lowest BCUT2D eigenvalue weighted by Crippen LogP contribution is -2.65. The Labute approximate surface area is 366 Å². The van der Waals surface area contributed by atoms with E-state index in [-0.39, 0.29) is 41.0 Å². The highest BCUT2D eigenvalue weighted by atomic mass is 28.4. The molecule has 1 aromatic heterocycles. The van der Waals surface area contributed by atoms with Crippen LogP contribution in [0.4, 0.5) is 10.5 Å². The van der Waals surface area contributed by atoms with Crippen molar-refractivity contribution < 1.29 is 42.6 Å². The molecule has 0 amide bonds. The number of anilines is 1. The van der Waals surface area contributed by atoms with Gasteiger partial charge < -0.3 is 33.2 Å². The predicted octanol–water partition coefficient (Wildman–Crippen LogP) is 9.24. The van der Waals surface area contributed by atoms with E-state index in [2.05, 4.69) is 81.7 Å². The van der Waals surface area contributed by atoms with E-state index < -0.39 is 65.9 Å². The minimum atomic E-state index is -2.96. The Morgan fingerprint density at radius 1 is 1.05 bits per heavy atom. The number of hydrogen-bond acceptors (Lipinski definition) is 13. The van der Waals surface area contributed by atoms with E-state index in [0.717, 1.165) is 41.9 Å². The highest BCUT2D eigenvalue weighted by molar-refractivity contribution is 6.74. The lowest BCUT2D eigenvalue weighted by molar-refractivity contribution is -0.0545. The molecular weight excluding hydrogens is 805 g/mol. The third kappa shape index (κ3) is 7.09. The molecule has 3 heterocycles. The van der Waals surface area contributed by atoms with Crippen molar-refractivity contribution in [2.75, 3.05) is 45.2 Å². The predicted molar refractivity (Wildman–Crippen MR) is 238 cm³/mol. The van der Waals surface area contributed by atoms with E-state index in [4.69, 9.17) is 23.2 Å². The third-order valence-corrected chi connectivity index (χ3v) is 19.0. The van der Waals surface area contributed by atoms with Gasteiger partial charge in [-0.1, -0.05) is 65.0 Å². The number of benzene rings is 2. The van der Waals surface area contributed by atoms with Crippen molar-refractivity contribution in [2.45, 2.75) is 123 Å². The maximum Gasteiger partial charge on any atom is 0.514 e. The van der Waals surface area contributed by atoms with Crippen molar-refractivity contribution in [3.8, 4) is 11.6 Å². The molecule has 62 heavy (non-hydrogen) atoms. The standard InChI is InChI=1S/C48H64N4O9Si/c1-13-52(14-2)39-32-23-29-22-30-35(33(58-45(56)59-46(3,4)5)24-31-37-28(20-21-50(37)9)25-51(10)38(30)31)40(53)34(29)42(54)48(32,61-62(11,12)47(6,7)8)43(55)36-41(39)60-49-44(36)57-26-27-18-16-15-17-19-27/h15-19,24,28-29,32,37,39,54H,13-14,20-23,25-26H2,1-12H3/t28?,29-,32-,37?,39-,48-/m0/s1. The smallest absolute Gasteiger partial charge is 0.508 e. The van der Waals surface area contributed by atoms with E-state index in [9.17, 15) is 9.90 Å². The molecule has 13 nitrogen and oxygen atoms in total. The first kappa shape index (κ1) is 44.1. The number of likely N-dealkylation sites (tertiary alicyclic amines) is 1. The van der Waals surface area contributed by atoms with Gasteiger partial charge in [-0.3, -0.25) is 19.4 Å². The number of aliphatic hydroxyl groups is 1. The molecule has 2 unspecified atom stereocenters. The van der Waals surface area contributed by atoms with E-state index in [0.29, 0.717) is 37.6 Å². The SMILES string of the molecule is CCN(CC)[C@@H]1c2onc(OCc3ccccc3)c2C(=O)[C@@]2(O[Si](C)(C)C(C)(C)C)C(O)=C3C(=O)c4c(OC(=O)OC(C)(C)C)cc5c(c4C[C@H]3C[C@@H]12)N(C)CC1CCN(C)C51. The molecule has 0 saturated carbocycles. The summed E-state index contributed by atoms with van der Waals surface area (Å²) in [7, 11) is 1.22. The minimum Gasteiger partial charge on any atom is -0.508 e. The van der Waals surface area contributed by atoms with Crippen LogP contribution in [-0.4, -0.2) is 97.6 Å². The molecule has 1 N–H and O–H groups in total. The van der Waals surface area contributed by atoms with Gasteiger partial charge in [-0.05, 0) is 125 Å². The van der Waals surface area contributed by atoms with Crippen molar-refractivity contribution in [1.82, 2.24) is 15.0 Å². The summed E-state index contributed by atoms with van der Waals surface area (Å²) in [5.41, 5.74) is 1.17. The topological polar surface area (TPSA) is 144 Å². The zero-order chi connectivity index (χ0) is 44.8. The summed E-state index contributed by atoms with van der Waals surface area (Å²) in [6.45, 7) is 22.8. The van der Waals surface area contributed by atoms with Gasteiger partial charge in [0.25, 0.3) is 5.88 Å². The van der Waals surface area contributed by atoms with Gasteiger partial charge in [-0.2, -0.15) is 0 Å². The van der Waals surface area contributed by atoms with Crippen LogP contribution >= 0.6 is 0 Å². The zero-order valence-electron chi connectivity index (χ0n) is 38.5. The van der Waals surface area contributed by atoms with Crippen molar-refractivity contribution in [3.05, 3.63) is 81.3 Å². The van der Waals surface area contributed by atoms with E-state index in [1.807, 2.05) is 36.4 Å². The number of nitrogens with zero attached hydrogens (tertiary/aromatic N) is 4. The summed E-state index contributed by atoms with van der Waals surface area (Å²) in [6.07, 6.45) is 0.782. The van der Waals surface area contributed by atoms with Gasteiger partial charge >= 0.3 is 6.16 Å². The lowest BCUT2D eigenvalue weighted by Gasteiger charge is -2.55. The maximum atomic E-state index is 15.9. The van der Waals surface area contributed by atoms with Crippen LogP contribution in [-0.2, 0) is 22.2 Å². The molecule has 3 aliphatic carbocycles. The molecule has 2 aliphatic heterocycles. The summed E-state index contributed by atoms with van der Waals surface area (Å²) in [5, 5.41) is 17.3. The molecule has 0 radical (unpaired) electrons. The Kier molecular flexibility index (Phi) is 11.1. The zero-order valence-corrected chi connectivity index (χ0v) is 39.5. The summed E-state index contributed by atoms with van der Waals surface area (Å²) in [5.74, 6) is -1.78. The molecule has 0 spiro atoms. The molecular formula is C48H64N4O9Si. The Morgan fingerprint density at radius 2 is 1.74 bits per heavy atom. The van der Waals surface area contributed by atoms with Crippen LogP contribution in [0.25, 0.3) is 0 Å². The second-order valence-corrected chi connectivity index (χ2v) is 25.2. The average molecular weight is 869 g/mol. The molecule has 6 atom stereocenters. The highest BCUT2D eigenvalue weighted by Crippen LogP contribution is 2.61. The molecule has 1 saturated heterocycles. The van der Waals surface area contributed by atoms with Crippen LogP contribution in [0.3, 0.4) is 0 Å². The van der Waals surface area contributed by atoms with E-state index in [1.54, 1.807) is 20.8 Å². The van der Waals surface area contributed by atoms with Gasteiger partial charge in [-0.25, -0.2) is 4.79 Å². The average Bonchev–Trinajstić information content (AvgIpc) is 3.78. The summed E-state index contributed by atoms with van der Waals surface area (Å²) in [4.78, 5) is 51.9. The summed E-state index contributed by atoms with van der Waals surface area (Å²) >= 11 is 0. The first-order chi connectivity index (χ1) is 29.1. The number of ketones is 2. The molecule has 334 valence electrons.